The summed E-state index contributed by atoms with van der Waals surface area (Å²) >= 11 is 0. The molecule has 2 saturated carbocycles. The Balaban J connectivity index is 1.61. The van der Waals surface area contributed by atoms with Crippen molar-refractivity contribution in [3.05, 3.63) is 29.1 Å². The minimum atomic E-state index is 0.0277. The lowest BCUT2D eigenvalue weighted by Gasteiger charge is -2.37. The van der Waals surface area contributed by atoms with Gasteiger partial charge in [0.2, 0.25) is 0 Å². The fourth-order valence-electron chi connectivity index (χ4n) is 4.68. The summed E-state index contributed by atoms with van der Waals surface area (Å²) in [5.74, 6) is 3.28. The maximum absolute atomic E-state index is 14.5. The van der Waals surface area contributed by atoms with Gasteiger partial charge in [-0.2, -0.15) is 0 Å². The summed E-state index contributed by atoms with van der Waals surface area (Å²) < 4.78 is 14.5. The van der Waals surface area contributed by atoms with Crippen molar-refractivity contribution in [2.45, 2.75) is 71.1 Å². The second-order valence-corrected chi connectivity index (χ2v) is 8.41. The molecule has 0 radical (unpaired) electrons. The van der Waals surface area contributed by atoms with Crippen molar-refractivity contribution in [2.75, 3.05) is 0 Å². The van der Waals surface area contributed by atoms with E-state index in [1.54, 1.807) is 0 Å². The summed E-state index contributed by atoms with van der Waals surface area (Å²) in [6.07, 6.45) is 10.7. The zero-order valence-electron chi connectivity index (χ0n) is 14.1. The van der Waals surface area contributed by atoms with Gasteiger partial charge in [-0.05, 0) is 80.2 Å². The summed E-state index contributed by atoms with van der Waals surface area (Å²) in [6, 6.07) is 4.11. The summed E-state index contributed by atoms with van der Waals surface area (Å²) in [4.78, 5) is 0. The Bertz CT molecular complexity index is 509. The zero-order chi connectivity index (χ0) is 15.7. The van der Waals surface area contributed by atoms with Crippen LogP contribution in [0.5, 0.6) is 0 Å². The third-order valence-electron chi connectivity index (χ3n) is 6.37. The lowest BCUT2D eigenvalue weighted by atomic mass is 9.68. The Kier molecular flexibility index (Phi) is 5.23. The van der Waals surface area contributed by atoms with E-state index in [0.29, 0.717) is 5.92 Å². The van der Waals surface area contributed by atoms with Gasteiger partial charge in [0, 0.05) is 5.30 Å². The minimum Gasteiger partial charge on any atom is -0.206 e. The molecule has 0 heterocycles. The Hall–Kier alpha value is -0.420. The van der Waals surface area contributed by atoms with Crippen LogP contribution < -0.4 is 5.30 Å². The van der Waals surface area contributed by atoms with Gasteiger partial charge in [0.05, 0.1) is 0 Å². The molecular weight excluding hydrogens is 290 g/mol. The maximum Gasteiger partial charge on any atom is 0.134 e. The van der Waals surface area contributed by atoms with Crippen LogP contribution in [0, 0.1) is 30.5 Å². The summed E-state index contributed by atoms with van der Waals surface area (Å²) in [6.45, 7) is 4.38. The first-order valence-electron chi connectivity index (χ1n) is 9.10. The first-order valence-corrected chi connectivity index (χ1v) is 9.68. The third-order valence-corrected chi connectivity index (χ3v) is 7.08. The molecule has 0 nitrogen and oxygen atoms in total. The van der Waals surface area contributed by atoms with E-state index in [1.165, 1.54) is 51.4 Å². The molecule has 3 rings (SSSR count). The molecule has 1 atom stereocenters. The normalized spacial score (nSPS) is 32.9. The second kappa shape index (κ2) is 7.00. The smallest absolute Gasteiger partial charge is 0.134 e. The van der Waals surface area contributed by atoms with Crippen LogP contribution in [0.4, 0.5) is 4.39 Å². The van der Waals surface area contributed by atoms with E-state index in [1.807, 2.05) is 13.0 Å². The molecule has 1 aromatic rings. The standard InChI is InChI=1S/C20H30FP/c1-13-3-6-15(7-4-13)16-8-10-17(11-9-16)18-12-5-14(2)20(22)19(18)21/h5,12-13,15-17H,3-4,6-11,22H2,1-2H3. The highest BCUT2D eigenvalue weighted by Gasteiger charge is 2.31. The summed E-state index contributed by atoms with van der Waals surface area (Å²) in [7, 11) is 2.58. The largest absolute Gasteiger partial charge is 0.206 e. The van der Waals surface area contributed by atoms with E-state index < -0.39 is 0 Å². The molecule has 0 saturated heterocycles. The van der Waals surface area contributed by atoms with E-state index in [4.69, 9.17) is 0 Å². The van der Waals surface area contributed by atoms with Gasteiger partial charge in [0.1, 0.15) is 5.82 Å². The number of benzene rings is 1. The Labute approximate surface area is 137 Å². The van der Waals surface area contributed by atoms with Crippen molar-refractivity contribution in [2.24, 2.45) is 17.8 Å². The number of aryl methyl sites for hydroxylation is 1. The van der Waals surface area contributed by atoms with E-state index in [-0.39, 0.29) is 5.82 Å². The van der Waals surface area contributed by atoms with Crippen LogP contribution in [0.15, 0.2) is 12.1 Å². The van der Waals surface area contributed by atoms with Gasteiger partial charge < -0.3 is 0 Å². The molecule has 1 aromatic carbocycles. The van der Waals surface area contributed by atoms with Crippen LogP contribution in [0.3, 0.4) is 0 Å². The van der Waals surface area contributed by atoms with Crippen molar-refractivity contribution >= 4 is 14.5 Å². The molecule has 0 aromatic heterocycles. The van der Waals surface area contributed by atoms with Crippen LogP contribution in [-0.2, 0) is 0 Å². The van der Waals surface area contributed by atoms with Crippen molar-refractivity contribution in [3.63, 3.8) is 0 Å². The molecule has 0 bridgehead atoms. The van der Waals surface area contributed by atoms with Crippen molar-refractivity contribution in [1.82, 2.24) is 0 Å². The van der Waals surface area contributed by atoms with E-state index in [0.717, 1.165) is 34.2 Å². The van der Waals surface area contributed by atoms with Crippen molar-refractivity contribution < 1.29 is 4.39 Å². The molecule has 1 unspecified atom stereocenters. The monoisotopic (exact) mass is 320 g/mol. The molecule has 0 N–H and O–H groups in total. The van der Waals surface area contributed by atoms with Crippen LogP contribution in [0.2, 0.25) is 0 Å². The molecule has 2 fully saturated rings. The molecule has 2 heteroatoms. The van der Waals surface area contributed by atoms with Gasteiger partial charge in [-0.15, -0.1) is 9.24 Å². The van der Waals surface area contributed by atoms with Gasteiger partial charge in [-0.3, -0.25) is 0 Å². The van der Waals surface area contributed by atoms with Crippen molar-refractivity contribution in [1.29, 1.82) is 0 Å². The average molecular weight is 320 g/mol. The van der Waals surface area contributed by atoms with Gasteiger partial charge in [0.15, 0.2) is 0 Å². The molecule has 0 spiro atoms. The third kappa shape index (κ3) is 3.40. The highest BCUT2D eigenvalue weighted by atomic mass is 31.0. The Morgan fingerprint density at radius 3 is 2.05 bits per heavy atom. The first kappa shape index (κ1) is 16.4. The fraction of sp³-hybridized carbons (Fsp3) is 0.700. The minimum absolute atomic E-state index is 0.0277. The lowest BCUT2D eigenvalue weighted by molar-refractivity contribution is 0.164. The molecule has 122 valence electrons. The molecule has 0 amide bonds. The van der Waals surface area contributed by atoms with E-state index in [9.17, 15) is 4.39 Å². The predicted octanol–water partition coefficient (Wildman–Crippen LogP) is 5.73. The fourth-order valence-corrected chi connectivity index (χ4v) is 4.94. The van der Waals surface area contributed by atoms with Crippen LogP contribution in [-0.4, -0.2) is 0 Å². The van der Waals surface area contributed by atoms with Gasteiger partial charge in [-0.25, -0.2) is 4.39 Å². The molecular formula is C20H30FP. The Morgan fingerprint density at radius 1 is 0.909 bits per heavy atom. The van der Waals surface area contributed by atoms with Crippen LogP contribution in [0.25, 0.3) is 0 Å². The number of halogens is 1. The quantitative estimate of drug-likeness (QED) is 0.610. The van der Waals surface area contributed by atoms with Gasteiger partial charge in [-0.1, -0.05) is 31.9 Å². The van der Waals surface area contributed by atoms with E-state index >= 15 is 0 Å². The lowest BCUT2D eigenvalue weighted by Crippen LogP contribution is -2.25. The summed E-state index contributed by atoms with van der Waals surface area (Å²) in [5.41, 5.74) is 2.00. The van der Waals surface area contributed by atoms with Crippen molar-refractivity contribution in [3.8, 4) is 0 Å². The SMILES string of the molecule is Cc1ccc(C2CCC(C3CCC(C)CC3)CC2)c(F)c1P. The van der Waals surface area contributed by atoms with Crippen LogP contribution in [0.1, 0.15) is 75.3 Å². The average Bonchev–Trinajstić information content (AvgIpc) is 2.54. The zero-order valence-corrected chi connectivity index (χ0v) is 15.2. The highest BCUT2D eigenvalue weighted by Crippen LogP contribution is 2.44. The topological polar surface area (TPSA) is 0 Å². The summed E-state index contributed by atoms with van der Waals surface area (Å²) in [5, 5.41) is 0.765. The van der Waals surface area contributed by atoms with Gasteiger partial charge in [0.25, 0.3) is 0 Å². The molecule has 2 aliphatic carbocycles. The van der Waals surface area contributed by atoms with Gasteiger partial charge >= 0.3 is 0 Å². The number of hydrogen-bond donors (Lipinski definition) is 0. The predicted molar refractivity (Wildman–Crippen MR) is 96.3 cm³/mol. The van der Waals surface area contributed by atoms with Crippen LogP contribution >= 0.6 is 9.24 Å². The first-order chi connectivity index (χ1) is 10.6. The molecule has 22 heavy (non-hydrogen) atoms. The number of rotatable bonds is 2. The Morgan fingerprint density at radius 2 is 1.45 bits per heavy atom. The number of hydrogen-bond acceptors (Lipinski definition) is 0. The molecule has 0 aliphatic heterocycles. The second-order valence-electron chi connectivity index (χ2n) is 7.83. The van der Waals surface area contributed by atoms with E-state index in [2.05, 4.69) is 22.2 Å². The maximum atomic E-state index is 14.5. The highest BCUT2D eigenvalue weighted by molar-refractivity contribution is 7.27. The molecule has 2 aliphatic rings.